The van der Waals surface area contributed by atoms with Crippen molar-refractivity contribution in [1.29, 1.82) is 0 Å². The second-order valence-corrected chi connectivity index (χ2v) is 5.31. The average molecular weight is 390 g/mol. The molecule has 2 rings (SSSR count). The molecule has 0 unspecified atom stereocenters. The van der Waals surface area contributed by atoms with Crippen LogP contribution in [0.2, 0.25) is 0 Å². The van der Waals surface area contributed by atoms with Crippen molar-refractivity contribution in [2.24, 2.45) is 0 Å². The third kappa shape index (κ3) is 2.90. The Bertz CT molecular complexity index is 695. The summed E-state index contributed by atoms with van der Waals surface area (Å²) < 4.78 is 137. The van der Waals surface area contributed by atoms with E-state index < -0.39 is 46.5 Å². The van der Waals surface area contributed by atoms with Gasteiger partial charge in [0, 0.05) is 11.1 Å². The van der Waals surface area contributed by atoms with E-state index in [4.69, 9.17) is 0 Å². The second-order valence-electron chi connectivity index (χ2n) is 5.31. The number of rotatable bonds is 5. The van der Waals surface area contributed by atoms with E-state index in [1.807, 2.05) is 0 Å². The Kier molecular flexibility index (Phi) is 4.76. The van der Waals surface area contributed by atoms with E-state index >= 15 is 0 Å². The summed E-state index contributed by atoms with van der Waals surface area (Å²) in [6.07, 6.45) is 0. The number of halogens is 10. The van der Waals surface area contributed by atoms with Gasteiger partial charge in [-0.15, -0.1) is 0 Å². The molecule has 0 nitrogen and oxygen atoms in total. The minimum atomic E-state index is -6.56. The van der Waals surface area contributed by atoms with Crippen LogP contribution in [0.4, 0.5) is 43.9 Å². The van der Waals surface area contributed by atoms with Crippen LogP contribution in [0.3, 0.4) is 0 Å². The van der Waals surface area contributed by atoms with E-state index in [1.54, 1.807) is 0 Å². The summed E-state index contributed by atoms with van der Waals surface area (Å²) in [6.45, 7) is 0. The third-order valence-corrected chi connectivity index (χ3v) is 3.60. The van der Waals surface area contributed by atoms with Crippen molar-refractivity contribution in [2.45, 2.75) is 23.7 Å². The highest BCUT2D eigenvalue weighted by molar-refractivity contribution is 5.29. The van der Waals surface area contributed by atoms with Crippen LogP contribution >= 0.6 is 0 Å². The van der Waals surface area contributed by atoms with Crippen LogP contribution in [0.25, 0.3) is 0 Å². The minimum absolute atomic E-state index is 0.0787. The molecule has 0 saturated carbocycles. The van der Waals surface area contributed by atoms with Crippen LogP contribution in [0.1, 0.15) is 11.1 Å². The normalized spacial score (nSPS) is 13.8. The van der Waals surface area contributed by atoms with E-state index in [0.29, 0.717) is 0 Å². The SMILES string of the molecule is Fc1ccc(C(F)(F)C(F)(F)C(F)(F)C(F)(F)c2ccc(F)cc2)cc1. The first-order chi connectivity index (χ1) is 11.7. The van der Waals surface area contributed by atoms with E-state index in [1.165, 1.54) is 0 Å². The summed E-state index contributed by atoms with van der Waals surface area (Å²) in [6, 6.07) is 1.46. The largest absolute Gasteiger partial charge is 0.382 e. The maximum absolute atomic E-state index is 13.9. The molecule has 142 valence electrons. The first-order valence-electron chi connectivity index (χ1n) is 6.78. The van der Waals surface area contributed by atoms with Gasteiger partial charge in [-0.2, -0.15) is 35.1 Å². The summed E-state index contributed by atoms with van der Waals surface area (Å²) >= 11 is 0. The summed E-state index contributed by atoms with van der Waals surface area (Å²) in [5, 5.41) is 0. The van der Waals surface area contributed by atoms with Crippen molar-refractivity contribution < 1.29 is 43.9 Å². The standard InChI is InChI=1S/C16H8F10/c17-11-5-1-9(2-6-11)13(19,20)15(23,24)16(25,26)14(21,22)10-3-7-12(18)8-4-10/h1-8H. The fourth-order valence-electron chi connectivity index (χ4n) is 2.08. The van der Waals surface area contributed by atoms with E-state index in [9.17, 15) is 43.9 Å². The van der Waals surface area contributed by atoms with Gasteiger partial charge in [0.1, 0.15) is 11.6 Å². The monoisotopic (exact) mass is 390 g/mol. The molecule has 0 bridgehead atoms. The quantitative estimate of drug-likeness (QED) is 0.540. The van der Waals surface area contributed by atoms with Gasteiger partial charge >= 0.3 is 23.7 Å². The first-order valence-corrected chi connectivity index (χ1v) is 6.78. The van der Waals surface area contributed by atoms with Crippen LogP contribution in [-0.2, 0) is 11.8 Å². The molecule has 0 aliphatic heterocycles. The highest BCUT2D eigenvalue weighted by atomic mass is 19.4. The van der Waals surface area contributed by atoms with E-state index in [0.717, 1.165) is 0 Å². The minimum Gasteiger partial charge on any atom is -0.207 e. The lowest BCUT2D eigenvalue weighted by Gasteiger charge is -2.37. The molecule has 10 heteroatoms. The molecule has 0 fully saturated rings. The van der Waals surface area contributed by atoms with Gasteiger partial charge in [0.05, 0.1) is 0 Å². The van der Waals surface area contributed by atoms with Crippen LogP contribution in [-0.4, -0.2) is 11.8 Å². The lowest BCUT2D eigenvalue weighted by atomic mass is 9.90. The molecule has 0 aliphatic rings. The second kappa shape index (κ2) is 6.17. The molecular weight excluding hydrogens is 382 g/mol. The summed E-state index contributed by atoms with van der Waals surface area (Å²) in [5.74, 6) is -26.9. The Hall–Kier alpha value is -2.26. The van der Waals surface area contributed by atoms with Gasteiger partial charge in [-0.1, -0.05) is 0 Å². The van der Waals surface area contributed by atoms with Crippen LogP contribution in [0.5, 0.6) is 0 Å². The Morgan fingerprint density at radius 2 is 0.654 bits per heavy atom. The number of alkyl halides is 8. The summed E-state index contributed by atoms with van der Waals surface area (Å²) in [5.41, 5.74) is -3.56. The molecule has 0 heterocycles. The van der Waals surface area contributed by atoms with Crippen molar-refractivity contribution in [3.8, 4) is 0 Å². The topological polar surface area (TPSA) is 0 Å². The molecule has 0 radical (unpaired) electrons. The Morgan fingerprint density at radius 1 is 0.423 bits per heavy atom. The zero-order valence-electron chi connectivity index (χ0n) is 12.4. The van der Waals surface area contributed by atoms with Gasteiger partial charge in [0.25, 0.3) is 0 Å². The Balaban J connectivity index is 2.53. The van der Waals surface area contributed by atoms with Crippen LogP contribution < -0.4 is 0 Å². The van der Waals surface area contributed by atoms with Gasteiger partial charge in [-0.3, -0.25) is 0 Å². The maximum atomic E-state index is 13.9. The molecular formula is C16H8F10. The van der Waals surface area contributed by atoms with Crippen LogP contribution in [0, 0.1) is 11.6 Å². The number of hydrogen-bond donors (Lipinski definition) is 0. The lowest BCUT2D eigenvalue weighted by Crippen LogP contribution is -2.59. The maximum Gasteiger partial charge on any atom is 0.382 e. The zero-order chi connectivity index (χ0) is 20.0. The van der Waals surface area contributed by atoms with Crippen molar-refractivity contribution in [2.75, 3.05) is 0 Å². The molecule has 2 aromatic rings. The predicted molar refractivity (Wildman–Crippen MR) is 70.5 cm³/mol. The molecule has 0 spiro atoms. The molecule has 26 heavy (non-hydrogen) atoms. The molecule has 0 amide bonds. The van der Waals surface area contributed by atoms with Gasteiger partial charge in [-0.05, 0) is 48.5 Å². The van der Waals surface area contributed by atoms with Crippen LogP contribution in [0.15, 0.2) is 48.5 Å². The highest BCUT2D eigenvalue weighted by Gasteiger charge is 2.81. The molecule has 0 aliphatic carbocycles. The van der Waals surface area contributed by atoms with Gasteiger partial charge in [0.15, 0.2) is 0 Å². The third-order valence-electron chi connectivity index (χ3n) is 3.60. The van der Waals surface area contributed by atoms with Gasteiger partial charge < -0.3 is 0 Å². The Labute approximate surface area is 140 Å². The van der Waals surface area contributed by atoms with Crippen molar-refractivity contribution in [1.82, 2.24) is 0 Å². The van der Waals surface area contributed by atoms with Crippen molar-refractivity contribution >= 4 is 0 Å². The predicted octanol–water partition coefficient (Wildman–Crippen LogP) is 6.12. The fourth-order valence-corrected chi connectivity index (χ4v) is 2.08. The average Bonchev–Trinajstić information content (AvgIpc) is 2.55. The van der Waals surface area contributed by atoms with Gasteiger partial charge in [0.2, 0.25) is 0 Å². The van der Waals surface area contributed by atoms with Crippen molar-refractivity contribution in [3.63, 3.8) is 0 Å². The summed E-state index contributed by atoms with van der Waals surface area (Å²) in [4.78, 5) is 0. The van der Waals surface area contributed by atoms with E-state index in [-0.39, 0.29) is 48.5 Å². The summed E-state index contributed by atoms with van der Waals surface area (Å²) in [7, 11) is 0. The molecule has 0 aromatic heterocycles. The zero-order valence-corrected chi connectivity index (χ0v) is 12.4. The van der Waals surface area contributed by atoms with E-state index in [2.05, 4.69) is 0 Å². The van der Waals surface area contributed by atoms with Crippen molar-refractivity contribution in [3.05, 3.63) is 71.3 Å². The molecule has 0 N–H and O–H groups in total. The molecule has 0 atom stereocenters. The highest BCUT2D eigenvalue weighted by Crippen LogP contribution is 2.58. The molecule has 0 saturated heterocycles. The Morgan fingerprint density at radius 3 is 0.885 bits per heavy atom. The lowest BCUT2D eigenvalue weighted by molar-refractivity contribution is -0.374. The first kappa shape index (κ1) is 20.1. The smallest absolute Gasteiger partial charge is 0.207 e. The number of benzene rings is 2. The number of hydrogen-bond acceptors (Lipinski definition) is 0. The van der Waals surface area contributed by atoms with Gasteiger partial charge in [-0.25, -0.2) is 8.78 Å². The fraction of sp³-hybridized carbons (Fsp3) is 0.250. The molecule has 2 aromatic carbocycles.